The molecule has 2 nitrogen and oxygen atoms in total. The lowest BCUT2D eigenvalue weighted by atomic mass is 10.1. The highest BCUT2D eigenvalue weighted by atomic mass is 79.9. The minimum atomic E-state index is -0.541. The van der Waals surface area contributed by atoms with Crippen molar-refractivity contribution in [2.45, 2.75) is 13.0 Å². The van der Waals surface area contributed by atoms with E-state index in [9.17, 15) is 8.78 Å². The third kappa shape index (κ3) is 3.35. The Labute approximate surface area is 124 Å². The molecule has 0 amide bonds. The van der Waals surface area contributed by atoms with Crippen molar-refractivity contribution in [2.75, 3.05) is 7.05 Å². The summed E-state index contributed by atoms with van der Waals surface area (Å²) >= 11 is 3.22. The van der Waals surface area contributed by atoms with Crippen molar-refractivity contribution < 1.29 is 13.5 Å². The predicted molar refractivity (Wildman–Crippen MR) is 78.0 cm³/mol. The third-order valence-electron chi connectivity index (χ3n) is 3.00. The number of rotatable bonds is 4. The molecule has 0 spiro atoms. The van der Waals surface area contributed by atoms with Crippen LogP contribution in [0.25, 0.3) is 0 Å². The number of hydrogen-bond acceptors (Lipinski definition) is 2. The van der Waals surface area contributed by atoms with Crippen LogP contribution in [-0.2, 0) is 0 Å². The van der Waals surface area contributed by atoms with Crippen molar-refractivity contribution >= 4 is 15.9 Å². The number of nitrogens with one attached hydrogen (secondary N) is 1. The Bertz CT molecular complexity index is 619. The molecule has 0 aliphatic heterocycles. The standard InChI is InChI=1S/C15H14BrF2NO/c1-9(19-2)10-3-6-14(13(18)7-10)20-15-8-11(16)4-5-12(15)17/h3-9,19H,1-2H3. The summed E-state index contributed by atoms with van der Waals surface area (Å²) in [6, 6.07) is 8.92. The van der Waals surface area contributed by atoms with Crippen LogP contribution in [0.4, 0.5) is 8.78 Å². The molecule has 1 atom stereocenters. The molecule has 5 heteroatoms. The molecule has 0 saturated heterocycles. The van der Waals surface area contributed by atoms with E-state index in [0.29, 0.717) is 4.47 Å². The molecule has 2 rings (SSSR count). The van der Waals surface area contributed by atoms with Gasteiger partial charge in [-0.05, 0) is 49.9 Å². The lowest BCUT2D eigenvalue weighted by Gasteiger charge is -2.13. The van der Waals surface area contributed by atoms with E-state index in [4.69, 9.17) is 4.74 Å². The maximum absolute atomic E-state index is 14.0. The smallest absolute Gasteiger partial charge is 0.166 e. The van der Waals surface area contributed by atoms with Crippen LogP contribution >= 0.6 is 15.9 Å². The predicted octanol–water partition coefficient (Wildman–Crippen LogP) is 4.80. The minimum Gasteiger partial charge on any atom is -0.451 e. The second-order valence-corrected chi connectivity index (χ2v) is 5.29. The number of halogens is 3. The van der Waals surface area contributed by atoms with E-state index >= 15 is 0 Å². The van der Waals surface area contributed by atoms with Crippen molar-refractivity contribution in [1.29, 1.82) is 0 Å². The van der Waals surface area contributed by atoms with E-state index in [-0.39, 0.29) is 17.5 Å². The Morgan fingerprint density at radius 1 is 1.05 bits per heavy atom. The van der Waals surface area contributed by atoms with Crippen LogP contribution in [0, 0.1) is 11.6 Å². The minimum absolute atomic E-state index is 0.00551. The maximum atomic E-state index is 14.0. The fourth-order valence-corrected chi connectivity index (χ4v) is 2.05. The van der Waals surface area contributed by atoms with Gasteiger partial charge >= 0.3 is 0 Å². The van der Waals surface area contributed by atoms with Crippen LogP contribution in [0.5, 0.6) is 11.5 Å². The van der Waals surface area contributed by atoms with Gasteiger partial charge in [-0.3, -0.25) is 0 Å². The highest BCUT2D eigenvalue weighted by Gasteiger charge is 2.12. The van der Waals surface area contributed by atoms with E-state index in [1.165, 1.54) is 24.3 Å². The molecule has 0 aromatic heterocycles. The van der Waals surface area contributed by atoms with Gasteiger partial charge in [0.05, 0.1) is 0 Å². The fourth-order valence-electron chi connectivity index (χ4n) is 1.71. The van der Waals surface area contributed by atoms with Crippen molar-refractivity contribution in [2.24, 2.45) is 0 Å². The van der Waals surface area contributed by atoms with Gasteiger partial charge in [-0.15, -0.1) is 0 Å². The normalized spacial score (nSPS) is 12.2. The number of benzene rings is 2. The molecule has 2 aromatic rings. The largest absolute Gasteiger partial charge is 0.451 e. The van der Waals surface area contributed by atoms with Gasteiger partial charge in [0.2, 0.25) is 0 Å². The molecule has 0 fully saturated rings. The van der Waals surface area contributed by atoms with Crippen LogP contribution in [0.1, 0.15) is 18.5 Å². The van der Waals surface area contributed by atoms with Crippen LogP contribution in [-0.4, -0.2) is 7.05 Å². The monoisotopic (exact) mass is 341 g/mol. The summed E-state index contributed by atoms with van der Waals surface area (Å²) < 4.78 is 33.5. The summed E-state index contributed by atoms with van der Waals surface area (Å²) in [4.78, 5) is 0. The summed E-state index contributed by atoms with van der Waals surface area (Å²) in [5.74, 6) is -1.09. The second-order valence-electron chi connectivity index (χ2n) is 4.38. The molecule has 1 unspecified atom stereocenters. The molecule has 0 radical (unpaired) electrons. The molecule has 0 saturated carbocycles. The molecule has 1 N–H and O–H groups in total. The van der Waals surface area contributed by atoms with Crippen LogP contribution in [0.15, 0.2) is 40.9 Å². The van der Waals surface area contributed by atoms with E-state index in [2.05, 4.69) is 21.2 Å². The fraction of sp³-hybridized carbons (Fsp3) is 0.200. The molecule has 0 aliphatic rings. The highest BCUT2D eigenvalue weighted by molar-refractivity contribution is 9.10. The second kappa shape index (κ2) is 6.33. The molecule has 0 heterocycles. The molecule has 20 heavy (non-hydrogen) atoms. The maximum Gasteiger partial charge on any atom is 0.166 e. The Balaban J connectivity index is 2.28. The van der Waals surface area contributed by atoms with Crippen LogP contribution in [0.2, 0.25) is 0 Å². The van der Waals surface area contributed by atoms with Gasteiger partial charge in [-0.1, -0.05) is 22.0 Å². The lowest BCUT2D eigenvalue weighted by molar-refractivity contribution is 0.413. The first-order valence-electron chi connectivity index (χ1n) is 6.11. The average molecular weight is 342 g/mol. The van der Waals surface area contributed by atoms with Crippen LogP contribution in [0.3, 0.4) is 0 Å². The number of ether oxygens (including phenoxy) is 1. The SMILES string of the molecule is CNC(C)c1ccc(Oc2cc(Br)ccc2F)c(F)c1. The van der Waals surface area contributed by atoms with Gasteiger partial charge < -0.3 is 10.1 Å². The van der Waals surface area contributed by atoms with Gasteiger partial charge in [-0.2, -0.15) is 0 Å². The van der Waals surface area contributed by atoms with Crippen molar-refractivity contribution in [3.05, 3.63) is 58.1 Å². The number of hydrogen-bond donors (Lipinski definition) is 1. The molecule has 0 aliphatic carbocycles. The van der Waals surface area contributed by atoms with Crippen LogP contribution < -0.4 is 10.1 Å². The van der Waals surface area contributed by atoms with Gasteiger partial charge in [-0.25, -0.2) is 8.78 Å². The molecule has 2 aromatic carbocycles. The third-order valence-corrected chi connectivity index (χ3v) is 3.50. The van der Waals surface area contributed by atoms with Crippen molar-refractivity contribution in [1.82, 2.24) is 5.32 Å². The Kier molecular flexibility index (Phi) is 4.73. The average Bonchev–Trinajstić information content (AvgIpc) is 2.44. The molecular weight excluding hydrogens is 328 g/mol. The summed E-state index contributed by atoms with van der Waals surface area (Å²) in [5.41, 5.74) is 0.798. The summed E-state index contributed by atoms with van der Waals surface area (Å²) in [7, 11) is 1.80. The Morgan fingerprint density at radius 3 is 2.45 bits per heavy atom. The van der Waals surface area contributed by atoms with E-state index in [1.54, 1.807) is 19.2 Å². The van der Waals surface area contributed by atoms with E-state index in [0.717, 1.165) is 5.56 Å². The van der Waals surface area contributed by atoms with E-state index in [1.807, 2.05) is 6.92 Å². The van der Waals surface area contributed by atoms with Gasteiger partial charge in [0.15, 0.2) is 23.1 Å². The molecule has 0 bridgehead atoms. The molecular formula is C15H14BrF2NO. The summed E-state index contributed by atoms with van der Waals surface area (Å²) in [5, 5.41) is 3.02. The lowest BCUT2D eigenvalue weighted by Crippen LogP contribution is -2.12. The first-order chi connectivity index (χ1) is 9.51. The Hall–Kier alpha value is -1.46. The van der Waals surface area contributed by atoms with Gasteiger partial charge in [0.25, 0.3) is 0 Å². The Morgan fingerprint density at radius 2 is 1.80 bits per heavy atom. The zero-order valence-corrected chi connectivity index (χ0v) is 12.7. The first kappa shape index (κ1) is 14.9. The summed E-state index contributed by atoms with van der Waals surface area (Å²) in [6.07, 6.45) is 0. The van der Waals surface area contributed by atoms with Crippen molar-refractivity contribution in [3.63, 3.8) is 0 Å². The molecule has 106 valence electrons. The zero-order chi connectivity index (χ0) is 14.7. The van der Waals surface area contributed by atoms with E-state index < -0.39 is 11.6 Å². The highest BCUT2D eigenvalue weighted by Crippen LogP contribution is 2.30. The van der Waals surface area contributed by atoms with Crippen molar-refractivity contribution in [3.8, 4) is 11.5 Å². The van der Waals surface area contributed by atoms with Gasteiger partial charge in [0, 0.05) is 10.5 Å². The topological polar surface area (TPSA) is 21.3 Å². The zero-order valence-electron chi connectivity index (χ0n) is 11.1. The summed E-state index contributed by atoms with van der Waals surface area (Å²) in [6.45, 7) is 1.92. The van der Waals surface area contributed by atoms with Gasteiger partial charge in [0.1, 0.15) is 0 Å². The first-order valence-corrected chi connectivity index (χ1v) is 6.90. The quantitative estimate of drug-likeness (QED) is 0.862.